The fourth-order valence-corrected chi connectivity index (χ4v) is 3.97. The monoisotopic (exact) mass is 394 g/mol. The first kappa shape index (κ1) is 20.4. The van der Waals surface area contributed by atoms with Crippen LogP contribution in [-0.4, -0.2) is 38.4 Å². The lowest BCUT2D eigenvalue weighted by Gasteiger charge is -2.26. The van der Waals surface area contributed by atoms with Gasteiger partial charge in [0.1, 0.15) is 6.04 Å². The third-order valence-corrected chi connectivity index (χ3v) is 5.82. The van der Waals surface area contributed by atoms with Crippen LogP contribution in [0.3, 0.4) is 0 Å². The first-order valence-corrected chi connectivity index (χ1v) is 10.3. The normalized spacial score (nSPS) is 12.6. The Balaban J connectivity index is 2.30. The number of carbonyl (C=O) groups excluding carboxylic acids is 1. The summed E-state index contributed by atoms with van der Waals surface area (Å²) in [6, 6.07) is 14.3. The van der Waals surface area contributed by atoms with Crippen LogP contribution in [0.4, 0.5) is 0 Å². The molecule has 0 aromatic heterocycles. The van der Waals surface area contributed by atoms with Gasteiger partial charge in [-0.2, -0.15) is 4.72 Å². The molecule has 0 saturated carbocycles. The van der Waals surface area contributed by atoms with Gasteiger partial charge in [-0.15, -0.1) is 0 Å². The van der Waals surface area contributed by atoms with Crippen molar-refractivity contribution in [3.63, 3.8) is 0 Å². The van der Waals surface area contributed by atoms with Crippen molar-refractivity contribution in [2.24, 2.45) is 0 Å². The van der Waals surface area contributed by atoms with Gasteiger partial charge >= 0.3 is 0 Å². The van der Waals surface area contributed by atoms with E-state index in [0.717, 1.165) is 5.56 Å². The summed E-state index contributed by atoms with van der Waals surface area (Å²) >= 11 is 5.83. The second kappa shape index (κ2) is 9.16. The number of halogens is 1. The third kappa shape index (κ3) is 5.30. The fourth-order valence-electron chi connectivity index (χ4n) is 2.65. The molecule has 1 N–H and O–H groups in total. The van der Waals surface area contributed by atoms with Gasteiger partial charge in [0.2, 0.25) is 15.9 Å². The van der Waals surface area contributed by atoms with E-state index in [0.29, 0.717) is 18.1 Å². The molecule has 2 rings (SSSR count). The summed E-state index contributed by atoms with van der Waals surface area (Å²) in [6.07, 6.45) is 0.281. The molecule has 2 aromatic rings. The summed E-state index contributed by atoms with van der Waals surface area (Å²) in [5, 5.41) is 0.448. The Hall–Kier alpha value is -1.89. The van der Waals surface area contributed by atoms with E-state index in [1.807, 2.05) is 44.2 Å². The van der Waals surface area contributed by atoms with E-state index < -0.39 is 16.1 Å². The molecule has 0 aliphatic carbocycles. The van der Waals surface area contributed by atoms with Gasteiger partial charge in [0.15, 0.2) is 0 Å². The molecule has 0 radical (unpaired) electrons. The highest BCUT2D eigenvalue weighted by Crippen LogP contribution is 2.16. The SMILES string of the molecule is CCN(CC)C(=O)[C@@H](Cc1ccccc1)NS(=O)(=O)c1ccc(Cl)cc1. The Morgan fingerprint density at radius 3 is 2.15 bits per heavy atom. The van der Waals surface area contributed by atoms with Crippen LogP contribution in [0, 0.1) is 0 Å². The summed E-state index contributed by atoms with van der Waals surface area (Å²) in [5.41, 5.74) is 0.886. The predicted octanol–water partition coefficient (Wildman–Crippen LogP) is 3.10. The van der Waals surface area contributed by atoms with E-state index in [4.69, 9.17) is 11.6 Å². The van der Waals surface area contributed by atoms with Crippen molar-refractivity contribution in [3.05, 3.63) is 65.2 Å². The molecule has 0 heterocycles. The van der Waals surface area contributed by atoms with Gasteiger partial charge in [0.25, 0.3) is 0 Å². The number of carbonyl (C=O) groups is 1. The summed E-state index contributed by atoms with van der Waals surface area (Å²) in [7, 11) is -3.85. The summed E-state index contributed by atoms with van der Waals surface area (Å²) < 4.78 is 28.0. The largest absolute Gasteiger partial charge is 0.342 e. The van der Waals surface area contributed by atoms with Crippen molar-refractivity contribution in [3.8, 4) is 0 Å². The molecule has 0 aliphatic heterocycles. The quantitative estimate of drug-likeness (QED) is 0.748. The Morgan fingerprint density at radius 2 is 1.62 bits per heavy atom. The first-order chi connectivity index (χ1) is 12.4. The molecule has 7 heteroatoms. The number of sulfonamides is 1. The lowest BCUT2D eigenvalue weighted by molar-refractivity contribution is -0.132. The van der Waals surface area contributed by atoms with Gasteiger partial charge in [-0.25, -0.2) is 8.42 Å². The average Bonchev–Trinajstić information content (AvgIpc) is 2.63. The van der Waals surface area contributed by atoms with Crippen molar-refractivity contribution in [2.45, 2.75) is 31.2 Å². The summed E-state index contributed by atoms with van der Waals surface area (Å²) in [6.45, 7) is 4.77. The van der Waals surface area contributed by atoms with Gasteiger partial charge in [0, 0.05) is 18.1 Å². The van der Waals surface area contributed by atoms with Crippen molar-refractivity contribution in [1.29, 1.82) is 0 Å². The van der Waals surface area contributed by atoms with Gasteiger partial charge in [-0.1, -0.05) is 41.9 Å². The molecule has 0 unspecified atom stereocenters. The minimum atomic E-state index is -3.85. The molecule has 0 fully saturated rings. The smallest absolute Gasteiger partial charge is 0.241 e. The molecule has 26 heavy (non-hydrogen) atoms. The zero-order chi connectivity index (χ0) is 19.2. The lowest BCUT2D eigenvalue weighted by atomic mass is 10.1. The van der Waals surface area contributed by atoms with Crippen molar-refractivity contribution >= 4 is 27.5 Å². The molecule has 0 bridgehead atoms. The van der Waals surface area contributed by atoms with Crippen LogP contribution >= 0.6 is 11.6 Å². The van der Waals surface area contributed by atoms with Crippen LogP contribution in [0.1, 0.15) is 19.4 Å². The summed E-state index contributed by atoms with van der Waals surface area (Å²) in [4.78, 5) is 14.6. The van der Waals surface area contributed by atoms with Gasteiger partial charge in [-0.05, 0) is 50.1 Å². The number of nitrogens with one attached hydrogen (secondary N) is 1. The third-order valence-electron chi connectivity index (χ3n) is 4.08. The maximum Gasteiger partial charge on any atom is 0.241 e. The molecule has 0 saturated heterocycles. The van der Waals surface area contributed by atoms with Crippen molar-refractivity contribution in [1.82, 2.24) is 9.62 Å². The minimum Gasteiger partial charge on any atom is -0.342 e. The number of rotatable bonds is 8. The molecule has 0 aliphatic rings. The van der Waals surface area contributed by atoms with Crippen LogP contribution in [0.2, 0.25) is 5.02 Å². The fraction of sp³-hybridized carbons (Fsp3) is 0.316. The summed E-state index contributed by atoms with van der Waals surface area (Å²) in [5.74, 6) is -0.239. The highest BCUT2D eigenvalue weighted by Gasteiger charge is 2.28. The second-order valence-electron chi connectivity index (χ2n) is 5.83. The van der Waals surface area contributed by atoms with E-state index in [-0.39, 0.29) is 17.2 Å². The van der Waals surface area contributed by atoms with Crippen molar-refractivity contribution < 1.29 is 13.2 Å². The zero-order valence-corrected chi connectivity index (χ0v) is 16.4. The first-order valence-electron chi connectivity index (χ1n) is 8.48. The minimum absolute atomic E-state index is 0.0762. The number of likely N-dealkylation sites (N-methyl/N-ethyl adjacent to an activating group) is 1. The molecule has 1 atom stereocenters. The Bertz CT molecular complexity index is 820. The van der Waals surface area contributed by atoms with E-state index in [9.17, 15) is 13.2 Å². The van der Waals surface area contributed by atoms with Gasteiger partial charge in [0.05, 0.1) is 4.90 Å². The molecule has 1 amide bonds. The van der Waals surface area contributed by atoms with Crippen LogP contribution in [0.5, 0.6) is 0 Å². The van der Waals surface area contributed by atoms with E-state index in [1.54, 1.807) is 4.90 Å². The highest BCUT2D eigenvalue weighted by atomic mass is 35.5. The van der Waals surface area contributed by atoms with Crippen molar-refractivity contribution in [2.75, 3.05) is 13.1 Å². The number of nitrogens with zero attached hydrogens (tertiary/aromatic N) is 1. The predicted molar refractivity (Wildman–Crippen MR) is 104 cm³/mol. The highest BCUT2D eigenvalue weighted by molar-refractivity contribution is 7.89. The van der Waals surface area contributed by atoms with Crippen LogP contribution in [-0.2, 0) is 21.2 Å². The number of hydrogen-bond donors (Lipinski definition) is 1. The molecule has 5 nitrogen and oxygen atoms in total. The van der Waals surface area contributed by atoms with Crippen LogP contribution in [0.15, 0.2) is 59.5 Å². The molecular weight excluding hydrogens is 372 g/mol. The molecule has 140 valence electrons. The maximum atomic E-state index is 12.9. The molecular formula is C19H23ClN2O3S. The molecule has 2 aromatic carbocycles. The Morgan fingerprint density at radius 1 is 1.04 bits per heavy atom. The van der Waals surface area contributed by atoms with E-state index in [2.05, 4.69) is 4.72 Å². The Kier molecular flexibility index (Phi) is 7.20. The van der Waals surface area contributed by atoms with E-state index in [1.165, 1.54) is 24.3 Å². The second-order valence-corrected chi connectivity index (χ2v) is 7.98. The van der Waals surface area contributed by atoms with Gasteiger partial charge < -0.3 is 4.90 Å². The lowest BCUT2D eigenvalue weighted by Crippen LogP contribution is -2.49. The number of amides is 1. The maximum absolute atomic E-state index is 12.9. The molecule has 0 spiro atoms. The van der Waals surface area contributed by atoms with Crippen LogP contribution < -0.4 is 4.72 Å². The standard InChI is InChI=1S/C19H23ClN2O3S/c1-3-22(4-2)19(23)18(14-15-8-6-5-7-9-15)21-26(24,25)17-12-10-16(20)11-13-17/h5-13,18,21H,3-4,14H2,1-2H3/t18-/m1/s1. The number of hydrogen-bond acceptors (Lipinski definition) is 3. The Labute approximate surface area is 160 Å². The average molecular weight is 395 g/mol. The number of benzene rings is 2. The zero-order valence-electron chi connectivity index (χ0n) is 14.9. The van der Waals surface area contributed by atoms with E-state index >= 15 is 0 Å². The van der Waals surface area contributed by atoms with Gasteiger partial charge in [-0.3, -0.25) is 4.79 Å². The topological polar surface area (TPSA) is 66.5 Å². The van der Waals surface area contributed by atoms with Crippen LogP contribution in [0.25, 0.3) is 0 Å².